The molecule has 0 atom stereocenters. The van der Waals surface area contributed by atoms with E-state index in [4.69, 9.17) is 9.15 Å². The molecule has 1 aromatic heterocycles. The fraction of sp³-hybridized carbons (Fsp3) is 0.130. The van der Waals surface area contributed by atoms with Gasteiger partial charge in [-0.15, -0.1) is 11.8 Å². The van der Waals surface area contributed by atoms with Crippen molar-refractivity contribution in [2.45, 2.75) is 11.8 Å². The van der Waals surface area contributed by atoms with Crippen molar-refractivity contribution in [3.8, 4) is 33.9 Å². The Hall–Kier alpha value is -2.85. The van der Waals surface area contributed by atoms with Gasteiger partial charge < -0.3 is 14.3 Å². The van der Waals surface area contributed by atoms with Gasteiger partial charge in [-0.1, -0.05) is 30.3 Å². The Bertz CT molecular complexity index is 1130. The van der Waals surface area contributed by atoms with Gasteiger partial charge in [-0.2, -0.15) is 0 Å². The maximum absolute atomic E-state index is 9.88. The lowest BCUT2D eigenvalue weighted by atomic mass is 9.99. The first-order chi connectivity index (χ1) is 13.1. The number of benzene rings is 3. The number of phenols is 1. The molecule has 0 aliphatic rings. The van der Waals surface area contributed by atoms with Crippen molar-refractivity contribution in [1.29, 1.82) is 0 Å². The average Bonchev–Trinajstić information content (AvgIpc) is 3.06. The number of rotatable bonds is 4. The Labute approximate surface area is 162 Å². The molecule has 0 saturated heterocycles. The van der Waals surface area contributed by atoms with Gasteiger partial charge in [0.2, 0.25) is 0 Å². The number of ether oxygens (including phenoxy) is 1. The van der Waals surface area contributed by atoms with Gasteiger partial charge in [-0.25, -0.2) is 0 Å². The lowest BCUT2D eigenvalue weighted by Gasteiger charge is -2.06. The minimum absolute atomic E-state index is 0.116. The molecule has 136 valence electrons. The Kier molecular flexibility index (Phi) is 4.58. The molecule has 3 aromatic carbocycles. The van der Waals surface area contributed by atoms with Gasteiger partial charge in [0.15, 0.2) is 11.5 Å². The average molecular weight is 376 g/mol. The van der Waals surface area contributed by atoms with E-state index in [0.717, 1.165) is 27.2 Å². The summed E-state index contributed by atoms with van der Waals surface area (Å²) in [5.41, 5.74) is 5.36. The number of furan rings is 1. The molecule has 0 radical (unpaired) electrons. The SMILES string of the molecule is COc1cc(-c2oc3ccc(-c4ccccc4C)cc3c2SC)ccc1O. The molecule has 4 heteroatoms. The fourth-order valence-electron chi connectivity index (χ4n) is 3.35. The van der Waals surface area contributed by atoms with Gasteiger partial charge in [-0.3, -0.25) is 0 Å². The van der Waals surface area contributed by atoms with E-state index in [9.17, 15) is 5.11 Å². The Balaban J connectivity index is 1.90. The summed E-state index contributed by atoms with van der Waals surface area (Å²) in [5.74, 6) is 1.34. The maximum Gasteiger partial charge on any atom is 0.161 e. The van der Waals surface area contributed by atoms with Gasteiger partial charge in [0.25, 0.3) is 0 Å². The molecule has 0 spiro atoms. The second-order valence-electron chi connectivity index (χ2n) is 6.38. The molecule has 0 saturated carbocycles. The van der Waals surface area contributed by atoms with Crippen LogP contribution in [-0.2, 0) is 0 Å². The smallest absolute Gasteiger partial charge is 0.161 e. The van der Waals surface area contributed by atoms with Crippen molar-refractivity contribution >= 4 is 22.7 Å². The van der Waals surface area contributed by atoms with Crippen LogP contribution in [0, 0.1) is 6.92 Å². The Morgan fingerprint density at radius 2 is 1.74 bits per heavy atom. The first-order valence-corrected chi connectivity index (χ1v) is 9.88. The second-order valence-corrected chi connectivity index (χ2v) is 7.19. The van der Waals surface area contributed by atoms with E-state index in [-0.39, 0.29) is 5.75 Å². The highest BCUT2D eigenvalue weighted by Gasteiger charge is 2.18. The van der Waals surface area contributed by atoms with Crippen molar-refractivity contribution in [2.75, 3.05) is 13.4 Å². The van der Waals surface area contributed by atoms with Crippen molar-refractivity contribution in [2.24, 2.45) is 0 Å². The number of hydrogen-bond donors (Lipinski definition) is 1. The zero-order valence-corrected chi connectivity index (χ0v) is 16.3. The summed E-state index contributed by atoms with van der Waals surface area (Å²) in [6.07, 6.45) is 2.05. The van der Waals surface area contributed by atoms with E-state index in [1.54, 1.807) is 31.0 Å². The summed E-state index contributed by atoms with van der Waals surface area (Å²) in [5, 5.41) is 11.0. The summed E-state index contributed by atoms with van der Waals surface area (Å²) in [6, 6.07) is 20.0. The highest BCUT2D eigenvalue weighted by molar-refractivity contribution is 7.99. The molecular weight excluding hydrogens is 356 g/mol. The highest BCUT2D eigenvalue weighted by Crippen LogP contribution is 2.42. The van der Waals surface area contributed by atoms with E-state index in [2.05, 4.69) is 43.3 Å². The molecular formula is C23H20O3S. The van der Waals surface area contributed by atoms with E-state index in [0.29, 0.717) is 5.75 Å². The summed E-state index contributed by atoms with van der Waals surface area (Å²) >= 11 is 1.66. The summed E-state index contributed by atoms with van der Waals surface area (Å²) < 4.78 is 11.4. The molecule has 0 fully saturated rings. The van der Waals surface area contributed by atoms with Crippen LogP contribution in [0.4, 0.5) is 0 Å². The van der Waals surface area contributed by atoms with Gasteiger partial charge in [0.05, 0.1) is 12.0 Å². The van der Waals surface area contributed by atoms with Crippen LogP contribution in [-0.4, -0.2) is 18.5 Å². The molecule has 3 nitrogen and oxygen atoms in total. The largest absolute Gasteiger partial charge is 0.504 e. The monoisotopic (exact) mass is 376 g/mol. The van der Waals surface area contributed by atoms with Crippen LogP contribution in [0.1, 0.15) is 5.56 Å². The number of aromatic hydroxyl groups is 1. The normalized spacial score (nSPS) is 11.1. The molecule has 4 aromatic rings. The quantitative estimate of drug-likeness (QED) is 0.412. The third-order valence-electron chi connectivity index (χ3n) is 4.74. The van der Waals surface area contributed by atoms with Crippen LogP contribution in [0.3, 0.4) is 0 Å². The first kappa shape index (κ1) is 17.6. The topological polar surface area (TPSA) is 42.6 Å². The van der Waals surface area contributed by atoms with Gasteiger partial charge in [-0.05, 0) is 60.2 Å². The van der Waals surface area contributed by atoms with E-state index in [1.807, 2.05) is 18.4 Å². The third kappa shape index (κ3) is 3.06. The predicted molar refractivity (Wildman–Crippen MR) is 112 cm³/mol. The molecule has 0 amide bonds. The van der Waals surface area contributed by atoms with Crippen molar-refractivity contribution in [3.63, 3.8) is 0 Å². The van der Waals surface area contributed by atoms with Crippen molar-refractivity contribution in [3.05, 3.63) is 66.2 Å². The molecule has 27 heavy (non-hydrogen) atoms. The molecule has 0 bridgehead atoms. The number of aryl methyl sites for hydroxylation is 1. The van der Waals surface area contributed by atoms with Crippen LogP contribution < -0.4 is 4.74 Å². The summed E-state index contributed by atoms with van der Waals surface area (Å²) in [6.45, 7) is 2.12. The number of fused-ring (bicyclic) bond motifs is 1. The molecule has 4 rings (SSSR count). The molecule has 0 unspecified atom stereocenters. The highest BCUT2D eigenvalue weighted by atomic mass is 32.2. The predicted octanol–water partition coefficient (Wildman–Crippen LogP) is 6.51. The minimum Gasteiger partial charge on any atom is -0.504 e. The van der Waals surface area contributed by atoms with Crippen molar-refractivity contribution < 1.29 is 14.3 Å². The Morgan fingerprint density at radius 1 is 0.963 bits per heavy atom. The zero-order valence-electron chi connectivity index (χ0n) is 15.4. The van der Waals surface area contributed by atoms with Gasteiger partial charge in [0.1, 0.15) is 11.3 Å². The first-order valence-electron chi connectivity index (χ1n) is 8.66. The number of phenolic OH excluding ortho intramolecular Hbond substituents is 1. The van der Waals surface area contributed by atoms with E-state index >= 15 is 0 Å². The van der Waals surface area contributed by atoms with Crippen LogP contribution in [0.2, 0.25) is 0 Å². The van der Waals surface area contributed by atoms with Crippen LogP contribution in [0.5, 0.6) is 11.5 Å². The van der Waals surface area contributed by atoms with E-state index in [1.165, 1.54) is 16.7 Å². The number of methoxy groups -OCH3 is 1. The molecule has 0 aliphatic carbocycles. The third-order valence-corrected chi connectivity index (χ3v) is 5.56. The van der Waals surface area contributed by atoms with Gasteiger partial charge >= 0.3 is 0 Å². The zero-order chi connectivity index (χ0) is 19.0. The standard InChI is InChI=1S/C23H20O3S/c1-14-6-4-5-7-17(14)15-9-11-20-18(12-15)23(27-3)22(26-20)16-8-10-19(24)21(13-16)25-2/h4-13,24H,1-3H3. The van der Waals surface area contributed by atoms with Crippen molar-refractivity contribution in [1.82, 2.24) is 0 Å². The van der Waals surface area contributed by atoms with Crippen LogP contribution in [0.25, 0.3) is 33.4 Å². The summed E-state index contributed by atoms with van der Waals surface area (Å²) in [7, 11) is 1.54. The van der Waals surface area contributed by atoms with Gasteiger partial charge in [0, 0.05) is 10.9 Å². The Morgan fingerprint density at radius 3 is 2.48 bits per heavy atom. The number of thioether (sulfide) groups is 1. The molecule has 0 aliphatic heterocycles. The molecule has 1 heterocycles. The van der Waals surface area contributed by atoms with Crippen LogP contribution in [0.15, 0.2) is 70.0 Å². The number of hydrogen-bond acceptors (Lipinski definition) is 4. The summed E-state index contributed by atoms with van der Waals surface area (Å²) in [4.78, 5) is 1.08. The lowest BCUT2D eigenvalue weighted by molar-refractivity contribution is 0.373. The van der Waals surface area contributed by atoms with E-state index < -0.39 is 0 Å². The minimum atomic E-state index is 0.116. The molecule has 1 N–H and O–H groups in total. The second kappa shape index (κ2) is 7.05. The fourth-order valence-corrected chi connectivity index (χ4v) is 4.08. The lowest BCUT2D eigenvalue weighted by Crippen LogP contribution is -1.85. The van der Waals surface area contributed by atoms with Crippen LogP contribution >= 0.6 is 11.8 Å². The maximum atomic E-state index is 9.88.